The molecule has 1 amide bonds. The Balaban J connectivity index is 1.50. The quantitative estimate of drug-likeness (QED) is 0.551. The number of rotatable bonds is 6. The molecule has 1 fully saturated rings. The van der Waals surface area contributed by atoms with Crippen LogP contribution in [0.2, 0.25) is 0 Å². The highest BCUT2D eigenvalue weighted by Crippen LogP contribution is 2.36. The van der Waals surface area contributed by atoms with Crippen LogP contribution in [0.5, 0.6) is 0 Å². The van der Waals surface area contributed by atoms with E-state index in [1.807, 2.05) is 34.9 Å². The highest BCUT2D eigenvalue weighted by Gasteiger charge is 2.29. The standard InChI is InChI=1S/C22H27N3O2S2/c1-15-12-18-20(29-15)21(27)25(17-10-6-3-7-11-17)22(24-18)28-14-19(26)23-13-16-8-4-2-5-9-16/h2,4-5,8-9,15,17H,3,6-7,10-14H2,1H3,(H,23,26). The summed E-state index contributed by atoms with van der Waals surface area (Å²) in [5.41, 5.74) is 2.09. The number of nitrogens with zero attached hydrogens (tertiary/aromatic N) is 2. The van der Waals surface area contributed by atoms with E-state index in [1.165, 1.54) is 18.2 Å². The number of amides is 1. The van der Waals surface area contributed by atoms with Gasteiger partial charge in [0.2, 0.25) is 5.91 Å². The predicted molar refractivity (Wildman–Crippen MR) is 119 cm³/mol. The van der Waals surface area contributed by atoms with Crippen molar-refractivity contribution < 1.29 is 4.79 Å². The van der Waals surface area contributed by atoms with Gasteiger partial charge in [-0.2, -0.15) is 0 Å². The van der Waals surface area contributed by atoms with Crippen LogP contribution in [-0.4, -0.2) is 26.5 Å². The largest absolute Gasteiger partial charge is 0.351 e. The van der Waals surface area contributed by atoms with Crippen molar-refractivity contribution >= 4 is 29.4 Å². The molecule has 1 aromatic carbocycles. The summed E-state index contributed by atoms with van der Waals surface area (Å²) in [6.45, 7) is 2.65. The van der Waals surface area contributed by atoms with Crippen LogP contribution < -0.4 is 10.9 Å². The number of aromatic nitrogens is 2. The van der Waals surface area contributed by atoms with E-state index in [1.54, 1.807) is 11.8 Å². The lowest BCUT2D eigenvalue weighted by molar-refractivity contribution is -0.118. The molecule has 154 valence electrons. The van der Waals surface area contributed by atoms with Crippen LogP contribution in [0.15, 0.2) is 45.2 Å². The predicted octanol–water partition coefficient (Wildman–Crippen LogP) is 4.19. The molecular formula is C22H27N3O2S2. The molecule has 1 saturated carbocycles. The fourth-order valence-electron chi connectivity index (χ4n) is 4.05. The number of nitrogens with one attached hydrogen (secondary N) is 1. The van der Waals surface area contributed by atoms with Gasteiger partial charge >= 0.3 is 0 Å². The fraction of sp³-hybridized carbons (Fsp3) is 0.500. The monoisotopic (exact) mass is 429 g/mol. The molecule has 5 nitrogen and oxygen atoms in total. The van der Waals surface area contributed by atoms with Crippen LogP contribution in [0.4, 0.5) is 0 Å². The van der Waals surface area contributed by atoms with Crippen molar-refractivity contribution in [3.8, 4) is 0 Å². The van der Waals surface area contributed by atoms with Crippen LogP contribution >= 0.6 is 23.5 Å². The number of carbonyl (C=O) groups excluding carboxylic acids is 1. The minimum absolute atomic E-state index is 0.0356. The maximum Gasteiger partial charge on any atom is 0.268 e. The first-order chi connectivity index (χ1) is 14.1. The summed E-state index contributed by atoms with van der Waals surface area (Å²) < 4.78 is 1.90. The Morgan fingerprint density at radius 3 is 2.76 bits per heavy atom. The van der Waals surface area contributed by atoms with Gasteiger partial charge in [0.05, 0.1) is 16.3 Å². The first-order valence-corrected chi connectivity index (χ1v) is 12.2. The van der Waals surface area contributed by atoms with Gasteiger partial charge in [-0.3, -0.25) is 14.2 Å². The summed E-state index contributed by atoms with van der Waals surface area (Å²) in [7, 11) is 0. The smallest absolute Gasteiger partial charge is 0.268 e. The molecule has 1 aromatic heterocycles. The number of fused-ring (bicyclic) bond motifs is 1. The van der Waals surface area contributed by atoms with E-state index in [4.69, 9.17) is 4.98 Å². The molecule has 0 saturated heterocycles. The van der Waals surface area contributed by atoms with E-state index < -0.39 is 0 Å². The number of hydrogen-bond acceptors (Lipinski definition) is 5. The Morgan fingerprint density at radius 1 is 1.24 bits per heavy atom. The van der Waals surface area contributed by atoms with Gasteiger partial charge in [0, 0.05) is 24.3 Å². The Hall–Kier alpha value is -1.73. The maximum atomic E-state index is 13.3. The summed E-state index contributed by atoms with van der Waals surface area (Å²) in [4.78, 5) is 31.3. The molecule has 1 N–H and O–H groups in total. The molecule has 2 heterocycles. The van der Waals surface area contributed by atoms with Gasteiger partial charge in [0.1, 0.15) is 0 Å². The fourth-order valence-corrected chi connectivity index (χ4v) is 6.07. The van der Waals surface area contributed by atoms with Gasteiger partial charge in [0.25, 0.3) is 5.56 Å². The SMILES string of the molecule is CC1Cc2nc(SCC(=O)NCc3ccccc3)n(C3CCCCC3)c(=O)c2S1. The lowest BCUT2D eigenvalue weighted by Gasteiger charge is -2.26. The first kappa shape index (κ1) is 20.5. The zero-order valence-electron chi connectivity index (χ0n) is 16.7. The third-order valence-corrected chi connectivity index (χ3v) is 7.68. The minimum Gasteiger partial charge on any atom is -0.351 e. The van der Waals surface area contributed by atoms with E-state index >= 15 is 0 Å². The molecule has 1 aliphatic heterocycles. The van der Waals surface area contributed by atoms with Gasteiger partial charge in [-0.1, -0.05) is 68.3 Å². The van der Waals surface area contributed by atoms with E-state index in [2.05, 4.69) is 12.2 Å². The minimum atomic E-state index is -0.0356. The van der Waals surface area contributed by atoms with Crippen molar-refractivity contribution in [3.63, 3.8) is 0 Å². The summed E-state index contributed by atoms with van der Waals surface area (Å²) >= 11 is 3.05. The van der Waals surface area contributed by atoms with Gasteiger partial charge in [-0.05, 0) is 18.4 Å². The normalized spacial score (nSPS) is 19.1. The van der Waals surface area contributed by atoms with Crippen molar-refractivity contribution in [2.45, 2.75) is 73.3 Å². The van der Waals surface area contributed by atoms with Crippen LogP contribution in [0.3, 0.4) is 0 Å². The maximum absolute atomic E-state index is 13.3. The van der Waals surface area contributed by atoms with Crippen molar-refractivity contribution in [1.29, 1.82) is 0 Å². The van der Waals surface area contributed by atoms with Crippen LogP contribution in [-0.2, 0) is 17.8 Å². The first-order valence-electron chi connectivity index (χ1n) is 10.4. The second-order valence-corrected chi connectivity index (χ2v) is 10.2. The molecule has 1 unspecified atom stereocenters. The van der Waals surface area contributed by atoms with Crippen LogP contribution in [0, 0.1) is 0 Å². The third-order valence-electron chi connectivity index (χ3n) is 5.52. The van der Waals surface area contributed by atoms with Gasteiger partial charge < -0.3 is 5.32 Å². The number of hydrogen-bond donors (Lipinski definition) is 1. The van der Waals surface area contributed by atoms with Crippen LogP contribution in [0.25, 0.3) is 0 Å². The van der Waals surface area contributed by atoms with E-state index in [9.17, 15) is 9.59 Å². The van der Waals surface area contributed by atoms with Gasteiger partial charge in [0.15, 0.2) is 5.16 Å². The molecule has 7 heteroatoms. The lowest BCUT2D eigenvalue weighted by Crippen LogP contribution is -2.31. The molecule has 2 aliphatic rings. The molecule has 0 spiro atoms. The Morgan fingerprint density at radius 2 is 2.00 bits per heavy atom. The molecule has 2 aromatic rings. The molecule has 1 aliphatic carbocycles. The Labute approximate surface area is 180 Å². The summed E-state index contributed by atoms with van der Waals surface area (Å²) in [5.74, 6) is 0.236. The molecule has 4 rings (SSSR count). The number of benzene rings is 1. The van der Waals surface area contributed by atoms with Crippen molar-refractivity contribution in [2.75, 3.05) is 5.75 Å². The average Bonchev–Trinajstić information content (AvgIpc) is 3.13. The molecule has 0 bridgehead atoms. The summed E-state index contributed by atoms with van der Waals surface area (Å²) in [6, 6.07) is 10.1. The molecule has 0 radical (unpaired) electrons. The van der Waals surface area contributed by atoms with Crippen LogP contribution in [0.1, 0.15) is 56.3 Å². The summed E-state index contributed by atoms with van der Waals surface area (Å²) in [6.07, 6.45) is 6.41. The zero-order valence-corrected chi connectivity index (χ0v) is 18.4. The lowest BCUT2D eigenvalue weighted by atomic mass is 9.95. The third kappa shape index (κ3) is 4.89. The Bertz CT molecular complexity index is 924. The molecule has 1 atom stereocenters. The number of carbonyl (C=O) groups is 1. The second kappa shape index (κ2) is 9.39. The van der Waals surface area contributed by atoms with E-state index in [0.29, 0.717) is 17.0 Å². The van der Waals surface area contributed by atoms with E-state index in [-0.39, 0.29) is 23.3 Å². The summed E-state index contributed by atoms with van der Waals surface area (Å²) in [5, 5.41) is 4.06. The zero-order chi connectivity index (χ0) is 20.2. The van der Waals surface area contributed by atoms with Gasteiger partial charge in [-0.25, -0.2) is 4.98 Å². The number of thioether (sulfide) groups is 2. The van der Waals surface area contributed by atoms with Crippen molar-refractivity contribution in [1.82, 2.24) is 14.9 Å². The second-order valence-electron chi connectivity index (χ2n) is 7.82. The average molecular weight is 430 g/mol. The molecular weight excluding hydrogens is 402 g/mol. The van der Waals surface area contributed by atoms with Crippen molar-refractivity contribution in [2.24, 2.45) is 0 Å². The topological polar surface area (TPSA) is 64.0 Å². The van der Waals surface area contributed by atoms with E-state index in [0.717, 1.165) is 48.3 Å². The highest BCUT2D eigenvalue weighted by molar-refractivity contribution is 8.00. The van der Waals surface area contributed by atoms with Crippen molar-refractivity contribution in [3.05, 3.63) is 51.9 Å². The molecule has 29 heavy (non-hydrogen) atoms. The van der Waals surface area contributed by atoms with Gasteiger partial charge in [-0.15, -0.1) is 11.8 Å². The highest BCUT2D eigenvalue weighted by atomic mass is 32.2. The Kier molecular flexibility index (Phi) is 6.65.